The molecular weight excluding hydrogens is 362 g/mol. The number of ether oxygens (including phenoxy) is 1. The van der Waals surface area contributed by atoms with Crippen LogP contribution in [0.2, 0.25) is 0 Å². The molecule has 0 bridgehead atoms. The molecule has 28 heavy (non-hydrogen) atoms. The predicted octanol–water partition coefficient (Wildman–Crippen LogP) is 0.672. The van der Waals surface area contributed by atoms with Gasteiger partial charge < -0.3 is 15.4 Å². The lowest BCUT2D eigenvalue weighted by Gasteiger charge is -2.11. The van der Waals surface area contributed by atoms with E-state index < -0.39 is 5.97 Å². The summed E-state index contributed by atoms with van der Waals surface area (Å²) < 4.78 is 6.58. The van der Waals surface area contributed by atoms with E-state index in [0.29, 0.717) is 16.9 Å². The van der Waals surface area contributed by atoms with Crippen LogP contribution in [0, 0.1) is 6.92 Å². The summed E-state index contributed by atoms with van der Waals surface area (Å²) in [6.45, 7) is 1.93. The van der Waals surface area contributed by atoms with Gasteiger partial charge in [-0.2, -0.15) is 15.0 Å². The topological polar surface area (TPSA) is 129 Å². The fraction of sp³-hybridized carbons (Fsp3) is 0.333. The highest BCUT2D eigenvalue weighted by Crippen LogP contribution is 2.11. The number of para-hydroxylation sites is 1. The van der Waals surface area contributed by atoms with Gasteiger partial charge >= 0.3 is 5.97 Å². The second kappa shape index (κ2) is 7.99. The number of rotatable bonds is 6. The van der Waals surface area contributed by atoms with Crippen LogP contribution < -0.4 is 16.2 Å². The average Bonchev–Trinajstić information content (AvgIpc) is 2.66. The van der Waals surface area contributed by atoms with Crippen molar-refractivity contribution in [3.63, 3.8) is 0 Å². The summed E-state index contributed by atoms with van der Waals surface area (Å²) >= 11 is 0. The van der Waals surface area contributed by atoms with Gasteiger partial charge in [-0.25, -0.2) is 4.98 Å². The first-order valence-corrected chi connectivity index (χ1v) is 8.63. The molecule has 2 aromatic heterocycles. The molecule has 0 saturated heterocycles. The predicted molar refractivity (Wildman–Crippen MR) is 104 cm³/mol. The molecule has 0 radical (unpaired) electrons. The number of fused-ring (bicyclic) bond motifs is 1. The molecule has 2 N–H and O–H groups in total. The van der Waals surface area contributed by atoms with Crippen molar-refractivity contribution in [1.29, 1.82) is 0 Å². The number of carbonyl (C=O) groups excluding carboxylic acids is 1. The van der Waals surface area contributed by atoms with Crippen LogP contribution in [0.1, 0.15) is 17.8 Å². The van der Waals surface area contributed by atoms with E-state index in [1.54, 1.807) is 25.1 Å². The molecule has 10 nitrogen and oxygen atoms in total. The van der Waals surface area contributed by atoms with Crippen molar-refractivity contribution < 1.29 is 9.53 Å². The number of benzene rings is 1. The molecule has 0 aliphatic carbocycles. The number of hydrogen-bond donors (Lipinski definition) is 1. The van der Waals surface area contributed by atoms with E-state index in [-0.39, 0.29) is 36.9 Å². The molecule has 0 spiro atoms. The van der Waals surface area contributed by atoms with Gasteiger partial charge in [-0.3, -0.25) is 14.2 Å². The van der Waals surface area contributed by atoms with Crippen molar-refractivity contribution in [2.45, 2.75) is 26.5 Å². The van der Waals surface area contributed by atoms with E-state index in [1.165, 1.54) is 10.9 Å². The molecule has 3 rings (SSSR count). The fourth-order valence-corrected chi connectivity index (χ4v) is 2.62. The Balaban J connectivity index is 1.63. The van der Waals surface area contributed by atoms with Gasteiger partial charge in [0.15, 0.2) is 12.4 Å². The van der Waals surface area contributed by atoms with Crippen molar-refractivity contribution in [1.82, 2.24) is 24.5 Å². The first kappa shape index (κ1) is 19.2. The summed E-state index contributed by atoms with van der Waals surface area (Å²) in [6.07, 6.45) is 1.46. The molecule has 3 aromatic rings. The SMILES string of the molecule is Cc1cccc2c(=O)n(CCC(=O)OCc3nc(N)nc(N(C)C)n3)cnc12. The highest BCUT2D eigenvalue weighted by Gasteiger charge is 2.11. The number of anilines is 2. The summed E-state index contributed by atoms with van der Waals surface area (Å²) in [5.41, 5.74) is 7.03. The minimum atomic E-state index is -0.485. The van der Waals surface area contributed by atoms with E-state index in [0.717, 1.165) is 5.56 Å². The molecule has 0 fully saturated rings. The maximum Gasteiger partial charge on any atom is 0.308 e. The minimum absolute atomic E-state index is 0.0139. The molecule has 1 aromatic carbocycles. The Morgan fingerprint density at radius 2 is 2.04 bits per heavy atom. The smallest absolute Gasteiger partial charge is 0.308 e. The lowest BCUT2D eigenvalue weighted by atomic mass is 10.1. The Morgan fingerprint density at radius 3 is 2.79 bits per heavy atom. The van der Waals surface area contributed by atoms with E-state index >= 15 is 0 Å². The second-order valence-corrected chi connectivity index (χ2v) is 6.43. The average molecular weight is 383 g/mol. The second-order valence-electron chi connectivity index (χ2n) is 6.43. The van der Waals surface area contributed by atoms with Gasteiger partial charge in [-0.15, -0.1) is 0 Å². The van der Waals surface area contributed by atoms with E-state index in [2.05, 4.69) is 19.9 Å². The van der Waals surface area contributed by atoms with Crippen LogP contribution in [0.25, 0.3) is 10.9 Å². The number of hydrogen-bond acceptors (Lipinski definition) is 9. The summed E-state index contributed by atoms with van der Waals surface area (Å²) in [7, 11) is 3.53. The van der Waals surface area contributed by atoms with Crippen LogP contribution in [0.3, 0.4) is 0 Å². The standard InChI is InChI=1S/C18H21N7O3/c1-11-5-4-6-12-15(11)20-10-25(16(12)27)8-7-14(26)28-9-13-21-17(19)23-18(22-13)24(2)3/h4-6,10H,7-9H2,1-3H3,(H2,19,21,22,23). The first-order chi connectivity index (χ1) is 13.3. The number of nitrogens with zero attached hydrogens (tertiary/aromatic N) is 6. The lowest BCUT2D eigenvalue weighted by Crippen LogP contribution is -2.23. The molecule has 146 valence electrons. The van der Waals surface area contributed by atoms with E-state index in [9.17, 15) is 9.59 Å². The van der Waals surface area contributed by atoms with Crippen molar-refractivity contribution in [2.75, 3.05) is 24.7 Å². The van der Waals surface area contributed by atoms with Gasteiger partial charge in [0.2, 0.25) is 11.9 Å². The zero-order valence-corrected chi connectivity index (χ0v) is 15.9. The molecular formula is C18H21N7O3. The first-order valence-electron chi connectivity index (χ1n) is 8.63. The fourth-order valence-electron chi connectivity index (χ4n) is 2.62. The van der Waals surface area contributed by atoms with E-state index in [4.69, 9.17) is 10.5 Å². The minimum Gasteiger partial charge on any atom is -0.457 e. The van der Waals surface area contributed by atoms with E-state index in [1.807, 2.05) is 19.1 Å². The molecule has 10 heteroatoms. The summed E-state index contributed by atoms with van der Waals surface area (Å²) in [5, 5.41) is 0.521. The Bertz CT molecular complexity index is 1080. The Hall–Kier alpha value is -3.56. The normalized spacial score (nSPS) is 10.8. The maximum atomic E-state index is 12.5. The van der Waals surface area contributed by atoms with Crippen molar-refractivity contribution in [2.24, 2.45) is 0 Å². The van der Waals surface area contributed by atoms with Crippen LogP contribution in [0.5, 0.6) is 0 Å². The van der Waals surface area contributed by atoms with Gasteiger partial charge in [-0.05, 0) is 18.6 Å². The quantitative estimate of drug-likeness (QED) is 0.610. The number of aromatic nitrogens is 5. The van der Waals surface area contributed by atoms with Crippen LogP contribution in [-0.4, -0.2) is 44.6 Å². The van der Waals surface area contributed by atoms with Gasteiger partial charge in [0, 0.05) is 20.6 Å². The summed E-state index contributed by atoms with van der Waals surface area (Å²) in [6, 6.07) is 5.42. The van der Waals surface area contributed by atoms with Crippen LogP contribution in [0.15, 0.2) is 29.3 Å². The summed E-state index contributed by atoms with van der Waals surface area (Å²) in [4.78, 5) is 42.7. The lowest BCUT2D eigenvalue weighted by molar-refractivity contribution is -0.145. The molecule has 0 aliphatic heterocycles. The number of nitrogens with two attached hydrogens (primary N) is 1. The monoisotopic (exact) mass is 383 g/mol. The molecule has 0 aliphatic rings. The number of esters is 1. The van der Waals surface area contributed by atoms with Crippen molar-refractivity contribution in [3.8, 4) is 0 Å². The van der Waals surface area contributed by atoms with Gasteiger partial charge in [0.05, 0.1) is 23.7 Å². The molecule has 0 saturated carbocycles. The van der Waals surface area contributed by atoms with Crippen molar-refractivity contribution >= 4 is 28.8 Å². The highest BCUT2D eigenvalue weighted by molar-refractivity contribution is 5.80. The van der Waals surface area contributed by atoms with Crippen LogP contribution in [0.4, 0.5) is 11.9 Å². The molecule has 0 amide bonds. The molecule has 2 heterocycles. The Morgan fingerprint density at radius 1 is 1.25 bits per heavy atom. The molecule has 0 atom stereocenters. The number of nitrogen functional groups attached to an aromatic ring is 1. The third kappa shape index (κ3) is 4.22. The Kier molecular flexibility index (Phi) is 5.48. The zero-order chi connectivity index (χ0) is 20.3. The zero-order valence-electron chi connectivity index (χ0n) is 15.9. The third-order valence-corrected chi connectivity index (χ3v) is 4.06. The summed E-state index contributed by atoms with van der Waals surface area (Å²) in [5.74, 6) is 0.197. The highest BCUT2D eigenvalue weighted by atomic mass is 16.5. The van der Waals surface area contributed by atoms with Gasteiger partial charge in [0.1, 0.15) is 0 Å². The number of aryl methyl sites for hydroxylation is 2. The Labute approximate surface area is 161 Å². The van der Waals surface area contributed by atoms with Gasteiger partial charge in [0.25, 0.3) is 5.56 Å². The van der Waals surface area contributed by atoms with Crippen molar-refractivity contribution in [3.05, 3.63) is 46.3 Å². The third-order valence-electron chi connectivity index (χ3n) is 4.06. The van der Waals surface area contributed by atoms with Crippen LogP contribution in [-0.2, 0) is 22.7 Å². The largest absolute Gasteiger partial charge is 0.457 e. The molecule has 0 unspecified atom stereocenters. The maximum absolute atomic E-state index is 12.5. The number of carbonyl (C=O) groups is 1. The van der Waals surface area contributed by atoms with Crippen LogP contribution >= 0.6 is 0 Å². The van der Waals surface area contributed by atoms with Gasteiger partial charge in [-0.1, -0.05) is 12.1 Å².